The maximum atomic E-state index is 13.0. The number of alkyl halides is 13. The number of aliphatic hydroxyl groups is 2. The zero-order chi connectivity index (χ0) is 21.1. The largest absolute Gasteiger partial charge is 0.477 e. The highest BCUT2D eigenvalue weighted by molar-refractivity contribution is 5.76. The Hall–Kier alpha value is -1.52. The first-order chi connectivity index (χ1) is 10.4. The molecule has 0 amide bonds. The second-order valence-corrected chi connectivity index (χ2v) is 4.35. The van der Waals surface area contributed by atoms with Gasteiger partial charge in [-0.3, -0.25) is 0 Å². The van der Waals surface area contributed by atoms with Crippen LogP contribution in [0.1, 0.15) is 0 Å². The molecule has 4 nitrogen and oxygen atoms in total. The second-order valence-electron chi connectivity index (χ2n) is 4.35. The fourth-order valence-corrected chi connectivity index (χ4v) is 1.12. The Kier molecular flexibility index (Phi) is 5.15. The van der Waals surface area contributed by atoms with Crippen molar-refractivity contribution in [1.82, 2.24) is 0 Å². The van der Waals surface area contributed by atoms with Crippen LogP contribution in [0.25, 0.3) is 0 Å². The monoisotopic (exact) mass is 410 g/mol. The summed E-state index contributed by atoms with van der Waals surface area (Å²) in [7, 11) is 0. The molecule has 0 saturated carbocycles. The molecule has 0 radical (unpaired) electrons. The van der Waals surface area contributed by atoms with Gasteiger partial charge in [-0.05, 0) is 0 Å². The fraction of sp³-hybridized carbons (Fsp3) is 0.875. The zero-order valence-electron chi connectivity index (χ0n) is 10.7. The summed E-state index contributed by atoms with van der Waals surface area (Å²) in [5.74, 6) is -50.3. The van der Waals surface area contributed by atoms with Crippen molar-refractivity contribution in [3.8, 4) is 0 Å². The van der Waals surface area contributed by atoms with Crippen LogP contribution >= 0.6 is 0 Å². The molecule has 0 aliphatic carbocycles. The normalized spacial score (nSPS) is 16.1. The zero-order valence-corrected chi connectivity index (χ0v) is 10.7. The molecule has 0 aliphatic heterocycles. The van der Waals surface area contributed by atoms with Crippen LogP contribution in [-0.2, 0) is 4.79 Å². The first-order valence-corrected chi connectivity index (χ1v) is 5.08. The summed E-state index contributed by atoms with van der Waals surface area (Å²) in [6.45, 7) is 0. The molecule has 0 rings (SSSR count). The van der Waals surface area contributed by atoms with Crippen molar-refractivity contribution in [2.45, 2.75) is 41.6 Å². The van der Waals surface area contributed by atoms with Gasteiger partial charge >= 0.3 is 47.5 Å². The SMILES string of the molecule is O=C(O)C(O)(O)C(F)(F)C(F)(F)C(F)(F)C(F)(F)C(F)(F)C(F)(F)F. The van der Waals surface area contributed by atoms with E-state index in [1.165, 1.54) is 0 Å². The lowest BCUT2D eigenvalue weighted by Gasteiger charge is -2.41. The molecule has 150 valence electrons. The fourth-order valence-electron chi connectivity index (χ4n) is 1.12. The number of hydrogen-bond acceptors (Lipinski definition) is 3. The van der Waals surface area contributed by atoms with E-state index in [0.29, 0.717) is 0 Å². The van der Waals surface area contributed by atoms with Gasteiger partial charge in [-0.1, -0.05) is 0 Å². The maximum absolute atomic E-state index is 13.0. The van der Waals surface area contributed by atoms with Crippen LogP contribution in [0.3, 0.4) is 0 Å². The highest BCUT2D eigenvalue weighted by Crippen LogP contribution is 2.61. The summed E-state index contributed by atoms with van der Waals surface area (Å²) in [5, 5.41) is 24.2. The maximum Gasteiger partial charge on any atom is 0.460 e. The van der Waals surface area contributed by atoms with Crippen LogP contribution in [0.5, 0.6) is 0 Å². The van der Waals surface area contributed by atoms with E-state index in [1.807, 2.05) is 0 Å². The molecule has 0 saturated heterocycles. The topological polar surface area (TPSA) is 77.8 Å². The minimum atomic E-state index is -8.31. The van der Waals surface area contributed by atoms with Crippen LogP contribution in [0.15, 0.2) is 0 Å². The second kappa shape index (κ2) is 5.49. The molecule has 0 unspecified atom stereocenters. The predicted octanol–water partition coefficient (Wildman–Crippen LogP) is 2.49. The van der Waals surface area contributed by atoms with E-state index < -0.39 is 47.5 Å². The summed E-state index contributed by atoms with van der Waals surface area (Å²) in [4.78, 5) is 9.97. The van der Waals surface area contributed by atoms with Crippen LogP contribution < -0.4 is 0 Å². The average Bonchev–Trinajstić information content (AvgIpc) is 2.35. The minimum Gasteiger partial charge on any atom is -0.477 e. The lowest BCUT2D eigenvalue weighted by atomic mass is 9.90. The Morgan fingerprint density at radius 1 is 0.520 bits per heavy atom. The van der Waals surface area contributed by atoms with E-state index in [0.717, 1.165) is 0 Å². The lowest BCUT2D eigenvalue weighted by Crippen LogP contribution is -2.74. The molecule has 0 aromatic carbocycles. The summed E-state index contributed by atoms with van der Waals surface area (Å²) in [5.41, 5.74) is 0. The third-order valence-electron chi connectivity index (χ3n) is 2.67. The molecular formula is C8H3F13O4. The molecule has 0 aromatic rings. The first-order valence-electron chi connectivity index (χ1n) is 5.08. The van der Waals surface area contributed by atoms with E-state index in [-0.39, 0.29) is 0 Å². The Morgan fingerprint density at radius 2 is 0.760 bits per heavy atom. The molecule has 25 heavy (non-hydrogen) atoms. The highest BCUT2D eigenvalue weighted by atomic mass is 19.4. The third kappa shape index (κ3) is 2.76. The predicted molar refractivity (Wildman–Crippen MR) is 45.6 cm³/mol. The van der Waals surface area contributed by atoms with Gasteiger partial charge in [0.25, 0.3) is 0 Å². The Morgan fingerprint density at radius 3 is 1.00 bits per heavy atom. The van der Waals surface area contributed by atoms with Crippen molar-refractivity contribution < 1.29 is 77.2 Å². The summed E-state index contributed by atoms with van der Waals surface area (Å²) >= 11 is 0. The molecule has 0 spiro atoms. The number of carboxylic acids is 1. The van der Waals surface area contributed by atoms with Crippen LogP contribution in [0.2, 0.25) is 0 Å². The molecule has 0 aromatic heterocycles. The molecular weight excluding hydrogens is 407 g/mol. The standard InChI is InChI=1S/C8H3F13O4/c9-3(10,2(24,25)1(22)23)4(11,12)5(13,14)6(15,16)7(17,18)8(19,20)21/h24-25H,(H,22,23). The number of aliphatic carboxylic acids is 1. The minimum absolute atomic E-state index is 3.83. The van der Waals surface area contributed by atoms with Crippen molar-refractivity contribution >= 4 is 5.97 Å². The van der Waals surface area contributed by atoms with E-state index in [2.05, 4.69) is 0 Å². The van der Waals surface area contributed by atoms with Crippen molar-refractivity contribution in [3.05, 3.63) is 0 Å². The van der Waals surface area contributed by atoms with Crippen LogP contribution in [-0.4, -0.2) is 62.9 Å². The summed E-state index contributed by atoms with van der Waals surface area (Å²) in [6.07, 6.45) is -7.63. The number of carbonyl (C=O) groups is 1. The van der Waals surface area contributed by atoms with Gasteiger partial charge < -0.3 is 15.3 Å². The van der Waals surface area contributed by atoms with Crippen LogP contribution in [0.4, 0.5) is 57.1 Å². The Balaban J connectivity index is 6.55. The van der Waals surface area contributed by atoms with Gasteiger partial charge in [0, 0.05) is 0 Å². The van der Waals surface area contributed by atoms with Gasteiger partial charge in [0.2, 0.25) is 0 Å². The molecule has 3 N–H and O–H groups in total. The van der Waals surface area contributed by atoms with Gasteiger partial charge in [-0.15, -0.1) is 0 Å². The van der Waals surface area contributed by atoms with E-state index in [1.54, 1.807) is 0 Å². The number of hydrogen-bond donors (Lipinski definition) is 3. The number of carboxylic acid groups (broad SMARTS) is 1. The molecule has 0 aliphatic rings. The summed E-state index contributed by atoms with van der Waals surface area (Å²) in [6, 6.07) is 0. The Labute approximate surface area is 126 Å². The van der Waals surface area contributed by atoms with Gasteiger partial charge in [0.05, 0.1) is 0 Å². The van der Waals surface area contributed by atoms with Crippen molar-refractivity contribution in [3.63, 3.8) is 0 Å². The quantitative estimate of drug-likeness (QED) is 0.465. The molecule has 0 bridgehead atoms. The van der Waals surface area contributed by atoms with Gasteiger partial charge in [0.1, 0.15) is 0 Å². The average molecular weight is 410 g/mol. The number of halogens is 13. The smallest absolute Gasteiger partial charge is 0.460 e. The van der Waals surface area contributed by atoms with E-state index >= 15 is 0 Å². The Bertz CT molecular complexity index is 535. The van der Waals surface area contributed by atoms with Crippen molar-refractivity contribution in [2.75, 3.05) is 0 Å². The van der Waals surface area contributed by atoms with Crippen molar-refractivity contribution in [1.29, 1.82) is 0 Å². The van der Waals surface area contributed by atoms with Gasteiger partial charge in [0.15, 0.2) is 0 Å². The lowest BCUT2D eigenvalue weighted by molar-refractivity contribution is -0.458. The first kappa shape index (κ1) is 23.5. The molecule has 17 heteroatoms. The molecule has 0 fully saturated rings. The highest BCUT2D eigenvalue weighted by Gasteiger charge is 2.93. The van der Waals surface area contributed by atoms with E-state index in [9.17, 15) is 61.9 Å². The molecule has 0 heterocycles. The number of rotatable bonds is 6. The van der Waals surface area contributed by atoms with Crippen LogP contribution in [0, 0.1) is 0 Å². The third-order valence-corrected chi connectivity index (χ3v) is 2.67. The van der Waals surface area contributed by atoms with Gasteiger partial charge in [-0.25, -0.2) is 4.79 Å². The van der Waals surface area contributed by atoms with E-state index in [4.69, 9.17) is 15.3 Å². The van der Waals surface area contributed by atoms with Crippen molar-refractivity contribution in [2.24, 2.45) is 0 Å². The molecule has 0 atom stereocenters. The summed E-state index contributed by atoms with van der Waals surface area (Å²) < 4.78 is 163. The van der Waals surface area contributed by atoms with Gasteiger partial charge in [-0.2, -0.15) is 57.1 Å².